The zero-order chi connectivity index (χ0) is 9.84. The summed E-state index contributed by atoms with van der Waals surface area (Å²) in [5.41, 5.74) is 7.52. The normalized spacial score (nSPS) is 31.1. The van der Waals surface area contributed by atoms with Gasteiger partial charge in [0, 0.05) is 6.04 Å². The van der Waals surface area contributed by atoms with Crippen molar-refractivity contribution in [3.8, 4) is 0 Å². The third-order valence-electron chi connectivity index (χ3n) is 3.20. The lowest BCUT2D eigenvalue weighted by Crippen LogP contribution is -2.34. The van der Waals surface area contributed by atoms with Crippen molar-refractivity contribution in [2.45, 2.75) is 52.5 Å². The molecule has 3 atom stereocenters. The second-order valence-corrected chi connectivity index (χ2v) is 4.75. The van der Waals surface area contributed by atoms with Gasteiger partial charge < -0.3 is 5.73 Å². The van der Waals surface area contributed by atoms with Gasteiger partial charge in [0.25, 0.3) is 0 Å². The van der Waals surface area contributed by atoms with E-state index in [1.807, 2.05) is 0 Å². The minimum atomic E-state index is 0.292. The summed E-state index contributed by atoms with van der Waals surface area (Å²) < 4.78 is 0. The molecule has 0 bridgehead atoms. The van der Waals surface area contributed by atoms with Gasteiger partial charge in [0.05, 0.1) is 0 Å². The Morgan fingerprint density at radius 1 is 1.31 bits per heavy atom. The third-order valence-corrected chi connectivity index (χ3v) is 3.20. The van der Waals surface area contributed by atoms with Crippen molar-refractivity contribution in [2.75, 3.05) is 0 Å². The average Bonchev–Trinajstić information content (AvgIpc) is 2.03. The minimum Gasteiger partial charge on any atom is -0.324 e. The smallest absolute Gasteiger partial charge is 0.0257 e. The summed E-state index contributed by atoms with van der Waals surface area (Å²) in [5.74, 6) is 1.54. The quantitative estimate of drug-likeness (QED) is 0.651. The van der Waals surface area contributed by atoms with Crippen LogP contribution in [0.5, 0.6) is 0 Å². The highest BCUT2D eigenvalue weighted by molar-refractivity contribution is 5.03. The zero-order valence-corrected chi connectivity index (χ0v) is 9.22. The van der Waals surface area contributed by atoms with Crippen LogP contribution < -0.4 is 5.73 Å². The van der Waals surface area contributed by atoms with Crippen LogP contribution in [0.2, 0.25) is 0 Å². The van der Waals surface area contributed by atoms with Crippen LogP contribution in [0.15, 0.2) is 11.6 Å². The lowest BCUT2D eigenvalue weighted by atomic mass is 9.76. The molecule has 13 heavy (non-hydrogen) atoms. The van der Waals surface area contributed by atoms with Crippen LogP contribution in [0.25, 0.3) is 0 Å². The first-order chi connectivity index (χ1) is 6.11. The van der Waals surface area contributed by atoms with Gasteiger partial charge in [-0.25, -0.2) is 0 Å². The molecule has 76 valence electrons. The van der Waals surface area contributed by atoms with E-state index in [1.54, 1.807) is 0 Å². The molecule has 0 saturated heterocycles. The molecule has 2 N–H and O–H groups in total. The fraction of sp³-hybridized carbons (Fsp3) is 0.833. The molecule has 0 aliphatic heterocycles. The van der Waals surface area contributed by atoms with Gasteiger partial charge in [-0.2, -0.15) is 0 Å². The van der Waals surface area contributed by atoms with Crippen LogP contribution in [0.3, 0.4) is 0 Å². The number of rotatable bonds is 2. The number of hydrogen-bond donors (Lipinski definition) is 1. The third kappa shape index (κ3) is 3.15. The van der Waals surface area contributed by atoms with Gasteiger partial charge >= 0.3 is 0 Å². The Hall–Kier alpha value is -0.300. The summed E-state index contributed by atoms with van der Waals surface area (Å²) in [6.07, 6.45) is 7.70. The Kier molecular flexibility index (Phi) is 3.98. The van der Waals surface area contributed by atoms with E-state index in [0.29, 0.717) is 6.04 Å². The molecule has 1 aliphatic rings. The number of nitrogens with two attached hydrogens (primary N) is 1. The number of hydrogen-bond acceptors (Lipinski definition) is 1. The van der Waals surface area contributed by atoms with Crippen molar-refractivity contribution in [2.24, 2.45) is 17.6 Å². The lowest BCUT2D eigenvalue weighted by Gasteiger charge is -2.32. The maximum Gasteiger partial charge on any atom is 0.0257 e. The highest BCUT2D eigenvalue weighted by atomic mass is 14.6. The van der Waals surface area contributed by atoms with Crippen molar-refractivity contribution >= 4 is 0 Å². The summed E-state index contributed by atoms with van der Waals surface area (Å²) in [4.78, 5) is 0. The molecule has 3 unspecified atom stereocenters. The monoisotopic (exact) mass is 181 g/mol. The Labute approximate surface area is 82.4 Å². The molecule has 1 fully saturated rings. The molecule has 0 aromatic heterocycles. The Morgan fingerprint density at radius 3 is 2.46 bits per heavy atom. The average molecular weight is 181 g/mol. The van der Waals surface area contributed by atoms with E-state index in [1.165, 1.54) is 31.3 Å². The molecule has 1 heteroatoms. The van der Waals surface area contributed by atoms with E-state index in [9.17, 15) is 0 Å². The summed E-state index contributed by atoms with van der Waals surface area (Å²) in [7, 11) is 0. The Balaban J connectivity index is 2.53. The highest BCUT2D eigenvalue weighted by Crippen LogP contribution is 2.31. The van der Waals surface area contributed by atoms with Crippen LogP contribution in [-0.4, -0.2) is 6.04 Å². The second kappa shape index (κ2) is 4.80. The molecule has 0 heterocycles. The topological polar surface area (TPSA) is 26.0 Å². The lowest BCUT2D eigenvalue weighted by molar-refractivity contribution is 0.237. The van der Waals surface area contributed by atoms with Crippen molar-refractivity contribution in [1.29, 1.82) is 0 Å². The van der Waals surface area contributed by atoms with E-state index < -0.39 is 0 Å². The zero-order valence-electron chi connectivity index (χ0n) is 9.22. The summed E-state index contributed by atoms with van der Waals surface area (Å²) in [6, 6.07) is 0.292. The molecule has 1 nitrogen and oxygen atoms in total. The molecule has 1 aliphatic carbocycles. The highest BCUT2D eigenvalue weighted by Gasteiger charge is 2.25. The standard InChI is InChI=1S/C12H23N/c1-9(2)8-12(13)11-7-5-4-6-10(11)3/h8,10-12H,4-7,13H2,1-3H3. The minimum absolute atomic E-state index is 0.292. The predicted molar refractivity (Wildman–Crippen MR) is 58.5 cm³/mol. The molecule has 1 saturated carbocycles. The van der Waals surface area contributed by atoms with Gasteiger partial charge in [-0.3, -0.25) is 0 Å². The Bertz CT molecular complexity index is 180. The van der Waals surface area contributed by atoms with Crippen LogP contribution in [0.4, 0.5) is 0 Å². The first-order valence-corrected chi connectivity index (χ1v) is 5.52. The van der Waals surface area contributed by atoms with Crippen molar-refractivity contribution in [1.82, 2.24) is 0 Å². The van der Waals surface area contributed by atoms with Gasteiger partial charge in [-0.15, -0.1) is 0 Å². The van der Waals surface area contributed by atoms with Crippen LogP contribution >= 0.6 is 0 Å². The first kappa shape index (κ1) is 10.8. The SMILES string of the molecule is CC(C)=CC(N)C1CCCCC1C. The van der Waals surface area contributed by atoms with Gasteiger partial charge in [0.1, 0.15) is 0 Å². The fourth-order valence-electron chi connectivity index (χ4n) is 2.43. The van der Waals surface area contributed by atoms with Gasteiger partial charge in [0.2, 0.25) is 0 Å². The van der Waals surface area contributed by atoms with Crippen LogP contribution in [0, 0.1) is 11.8 Å². The van der Waals surface area contributed by atoms with Crippen LogP contribution in [-0.2, 0) is 0 Å². The van der Waals surface area contributed by atoms with E-state index >= 15 is 0 Å². The molecular weight excluding hydrogens is 158 g/mol. The summed E-state index contributed by atoms with van der Waals surface area (Å²) in [6.45, 7) is 6.61. The fourth-order valence-corrected chi connectivity index (χ4v) is 2.43. The van der Waals surface area contributed by atoms with E-state index in [4.69, 9.17) is 5.73 Å². The predicted octanol–water partition coefficient (Wildman–Crippen LogP) is 3.11. The maximum atomic E-state index is 6.16. The molecule has 1 rings (SSSR count). The molecule has 0 amide bonds. The van der Waals surface area contributed by atoms with E-state index in [2.05, 4.69) is 26.8 Å². The van der Waals surface area contributed by atoms with E-state index in [0.717, 1.165) is 11.8 Å². The molecule has 0 aromatic carbocycles. The van der Waals surface area contributed by atoms with Crippen molar-refractivity contribution in [3.63, 3.8) is 0 Å². The van der Waals surface area contributed by atoms with Gasteiger partial charge in [0.15, 0.2) is 0 Å². The largest absolute Gasteiger partial charge is 0.324 e. The molecule has 0 radical (unpaired) electrons. The molecule has 0 spiro atoms. The Morgan fingerprint density at radius 2 is 1.92 bits per heavy atom. The molecule has 0 aromatic rings. The van der Waals surface area contributed by atoms with Crippen molar-refractivity contribution < 1.29 is 0 Å². The summed E-state index contributed by atoms with van der Waals surface area (Å²) >= 11 is 0. The maximum absolute atomic E-state index is 6.16. The van der Waals surface area contributed by atoms with Gasteiger partial charge in [-0.05, 0) is 32.1 Å². The summed E-state index contributed by atoms with van der Waals surface area (Å²) in [5, 5.41) is 0. The van der Waals surface area contributed by atoms with Crippen molar-refractivity contribution in [3.05, 3.63) is 11.6 Å². The van der Waals surface area contributed by atoms with Gasteiger partial charge in [-0.1, -0.05) is 37.8 Å². The molecular formula is C12H23N. The second-order valence-electron chi connectivity index (χ2n) is 4.75. The van der Waals surface area contributed by atoms with E-state index in [-0.39, 0.29) is 0 Å². The first-order valence-electron chi connectivity index (χ1n) is 5.52. The number of allylic oxidation sites excluding steroid dienone is 1. The van der Waals surface area contributed by atoms with Crippen LogP contribution in [0.1, 0.15) is 46.5 Å².